The maximum absolute atomic E-state index is 13.1. The molecule has 3 aromatic carbocycles. The molecule has 0 N–H and O–H groups in total. The van der Waals surface area contributed by atoms with Gasteiger partial charge in [0.1, 0.15) is 5.82 Å². The first-order chi connectivity index (χ1) is 15.9. The highest BCUT2D eigenvalue weighted by molar-refractivity contribution is 6.30. The predicted octanol–water partition coefficient (Wildman–Crippen LogP) is 6.82. The van der Waals surface area contributed by atoms with E-state index < -0.39 is 11.8 Å². The fraction of sp³-hybridized carbons (Fsp3) is 0.148. The summed E-state index contributed by atoms with van der Waals surface area (Å²) in [5, 5.41) is 1.28. The number of benzene rings is 3. The van der Waals surface area contributed by atoms with Gasteiger partial charge in [0.15, 0.2) is 5.78 Å². The van der Waals surface area contributed by atoms with Gasteiger partial charge in [-0.2, -0.15) is 0 Å². The van der Waals surface area contributed by atoms with Gasteiger partial charge in [0.2, 0.25) is 0 Å². The van der Waals surface area contributed by atoms with E-state index in [1.54, 1.807) is 6.07 Å². The molecule has 33 heavy (non-hydrogen) atoms. The van der Waals surface area contributed by atoms with Crippen LogP contribution in [0, 0.1) is 12.7 Å². The van der Waals surface area contributed by atoms with E-state index in [4.69, 9.17) is 21.3 Å². The molecule has 166 valence electrons. The molecule has 0 radical (unpaired) electrons. The summed E-state index contributed by atoms with van der Waals surface area (Å²) < 4.78 is 18.6. The molecule has 0 fully saturated rings. The maximum atomic E-state index is 13.1. The van der Waals surface area contributed by atoms with Crippen LogP contribution in [-0.2, 0) is 4.74 Å². The molecule has 0 amide bonds. The molecule has 4 rings (SSSR count). The standard InChI is InChI=1S/C27H21ClFNO3/c1-17-25(27(32)33-15-5-10-24(31)18-11-13-21(29)14-12-18)22-8-2-3-9-23(22)30-26(17)19-6-4-7-20(28)16-19/h2-4,6-9,11-14,16H,5,10,15H2,1H3. The number of fused-ring (bicyclic) bond motifs is 1. The third kappa shape index (κ3) is 5.10. The zero-order valence-corrected chi connectivity index (χ0v) is 18.7. The van der Waals surface area contributed by atoms with Crippen molar-refractivity contribution in [1.82, 2.24) is 4.98 Å². The molecule has 0 aliphatic carbocycles. The third-order valence-electron chi connectivity index (χ3n) is 5.39. The van der Waals surface area contributed by atoms with E-state index in [-0.39, 0.29) is 18.8 Å². The van der Waals surface area contributed by atoms with Gasteiger partial charge in [0, 0.05) is 28.0 Å². The molecular formula is C27H21ClFNO3. The fourth-order valence-corrected chi connectivity index (χ4v) is 3.93. The SMILES string of the molecule is Cc1c(-c2cccc(Cl)c2)nc2ccccc2c1C(=O)OCCCC(=O)c1ccc(F)cc1. The third-order valence-corrected chi connectivity index (χ3v) is 5.62. The quantitative estimate of drug-likeness (QED) is 0.172. The normalized spacial score (nSPS) is 10.9. The van der Waals surface area contributed by atoms with Gasteiger partial charge < -0.3 is 4.74 Å². The number of pyridine rings is 1. The molecule has 0 bridgehead atoms. The van der Waals surface area contributed by atoms with Crippen molar-refractivity contribution in [2.24, 2.45) is 0 Å². The predicted molar refractivity (Wildman–Crippen MR) is 127 cm³/mol. The van der Waals surface area contributed by atoms with Gasteiger partial charge in [-0.05, 0) is 61.4 Å². The Bertz CT molecular complexity index is 1340. The Balaban J connectivity index is 1.53. The van der Waals surface area contributed by atoms with E-state index in [2.05, 4.69) is 0 Å². The van der Waals surface area contributed by atoms with Gasteiger partial charge in [-0.1, -0.05) is 41.9 Å². The van der Waals surface area contributed by atoms with Crippen LogP contribution >= 0.6 is 11.6 Å². The summed E-state index contributed by atoms with van der Waals surface area (Å²) in [7, 11) is 0. The molecule has 0 saturated heterocycles. The first-order valence-electron chi connectivity index (χ1n) is 10.5. The van der Waals surface area contributed by atoms with Crippen molar-refractivity contribution in [1.29, 1.82) is 0 Å². The number of hydrogen-bond acceptors (Lipinski definition) is 4. The minimum Gasteiger partial charge on any atom is -0.462 e. The monoisotopic (exact) mass is 461 g/mol. The highest BCUT2D eigenvalue weighted by Crippen LogP contribution is 2.31. The molecule has 0 aliphatic heterocycles. The number of para-hydroxylation sites is 1. The molecule has 0 saturated carbocycles. The minimum absolute atomic E-state index is 0.0916. The Labute approximate surface area is 196 Å². The number of rotatable bonds is 7. The average molecular weight is 462 g/mol. The highest BCUT2D eigenvalue weighted by atomic mass is 35.5. The average Bonchev–Trinajstić information content (AvgIpc) is 2.81. The molecule has 0 spiro atoms. The first kappa shape index (κ1) is 22.6. The number of carbonyl (C=O) groups excluding carboxylic acids is 2. The van der Waals surface area contributed by atoms with Gasteiger partial charge in [0.25, 0.3) is 0 Å². The Morgan fingerprint density at radius 3 is 2.52 bits per heavy atom. The lowest BCUT2D eigenvalue weighted by molar-refractivity contribution is 0.0495. The number of hydrogen-bond donors (Lipinski definition) is 0. The summed E-state index contributed by atoms with van der Waals surface area (Å²) in [5.41, 5.74) is 3.73. The van der Waals surface area contributed by atoms with Gasteiger partial charge in [-0.3, -0.25) is 4.79 Å². The molecule has 4 nitrogen and oxygen atoms in total. The van der Waals surface area contributed by atoms with Crippen molar-refractivity contribution in [3.63, 3.8) is 0 Å². The van der Waals surface area contributed by atoms with Crippen LogP contribution in [0.4, 0.5) is 4.39 Å². The van der Waals surface area contributed by atoms with E-state index >= 15 is 0 Å². The zero-order chi connectivity index (χ0) is 23.4. The number of Topliss-reactive ketones (excluding diaryl/α,β-unsaturated/α-hetero) is 1. The minimum atomic E-state index is -0.469. The van der Waals surface area contributed by atoms with Crippen LogP contribution in [0.25, 0.3) is 22.2 Å². The molecule has 0 atom stereocenters. The Morgan fingerprint density at radius 2 is 1.76 bits per heavy atom. The molecule has 6 heteroatoms. The van der Waals surface area contributed by atoms with Crippen LogP contribution < -0.4 is 0 Å². The Morgan fingerprint density at radius 1 is 1.00 bits per heavy atom. The number of ether oxygens (including phenoxy) is 1. The van der Waals surface area contributed by atoms with Gasteiger partial charge in [-0.25, -0.2) is 14.2 Å². The molecule has 4 aromatic rings. The molecule has 0 unspecified atom stereocenters. The summed E-state index contributed by atoms with van der Waals surface area (Å²) in [6, 6.07) is 20.1. The Kier molecular flexibility index (Phi) is 6.80. The van der Waals surface area contributed by atoms with E-state index in [1.807, 2.05) is 49.4 Å². The largest absolute Gasteiger partial charge is 0.462 e. The van der Waals surface area contributed by atoms with Crippen molar-refractivity contribution in [3.05, 3.63) is 100 Å². The van der Waals surface area contributed by atoms with E-state index in [0.29, 0.717) is 44.7 Å². The van der Waals surface area contributed by atoms with Gasteiger partial charge in [-0.15, -0.1) is 0 Å². The molecular weight excluding hydrogens is 441 g/mol. The highest BCUT2D eigenvalue weighted by Gasteiger charge is 2.20. The second kappa shape index (κ2) is 9.92. The summed E-state index contributed by atoms with van der Waals surface area (Å²) in [5.74, 6) is -0.985. The van der Waals surface area contributed by atoms with Crippen LogP contribution in [0.15, 0.2) is 72.8 Å². The number of aromatic nitrogens is 1. The van der Waals surface area contributed by atoms with Crippen LogP contribution in [0.5, 0.6) is 0 Å². The summed E-state index contributed by atoms with van der Waals surface area (Å²) in [6.45, 7) is 1.93. The van der Waals surface area contributed by atoms with Gasteiger partial charge in [0.05, 0.1) is 23.4 Å². The van der Waals surface area contributed by atoms with Crippen molar-refractivity contribution >= 4 is 34.3 Å². The molecule has 1 heterocycles. The first-order valence-corrected chi connectivity index (χ1v) is 10.9. The lowest BCUT2D eigenvalue weighted by Gasteiger charge is -2.14. The smallest absolute Gasteiger partial charge is 0.339 e. The number of esters is 1. The van der Waals surface area contributed by atoms with Crippen LogP contribution in [0.2, 0.25) is 5.02 Å². The fourth-order valence-electron chi connectivity index (χ4n) is 3.74. The summed E-state index contributed by atoms with van der Waals surface area (Å²) in [4.78, 5) is 30.1. The van der Waals surface area contributed by atoms with Crippen molar-refractivity contribution < 1.29 is 18.7 Å². The van der Waals surface area contributed by atoms with E-state index in [9.17, 15) is 14.0 Å². The lowest BCUT2D eigenvalue weighted by Crippen LogP contribution is -2.12. The van der Waals surface area contributed by atoms with Gasteiger partial charge >= 0.3 is 5.97 Å². The lowest BCUT2D eigenvalue weighted by atomic mass is 9.98. The van der Waals surface area contributed by atoms with Crippen molar-refractivity contribution in [3.8, 4) is 11.3 Å². The number of nitrogens with zero attached hydrogens (tertiary/aromatic N) is 1. The van der Waals surface area contributed by atoms with E-state index in [0.717, 1.165) is 5.56 Å². The molecule has 0 aliphatic rings. The zero-order valence-electron chi connectivity index (χ0n) is 18.0. The van der Waals surface area contributed by atoms with Crippen molar-refractivity contribution in [2.75, 3.05) is 6.61 Å². The number of ketones is 1. The Hall–Kier alpha value is -3.57. The van der Waals surface area contributed by atoms with Crippen LogP contribution in [0.3, 0.4) is 0 Å². The maximum Gasteiger partial charge on any atom is 0.339 e. The number of carbonyl (C=O) groups is 2. The van der Waals surface area contributed by atoms with Crippen LogP contribution in [0.1, 0.15) is 39.1 Å². The summed E-state index contributed by atoms with van der Waals surface area (Å²) in [6.07, 6.45) is 0.563. The van der Waals surface area contributed by atoms with Crippen molar-refractivity contribution in [2.45, 2.75) is 19.8 Å². The van der Waals surface area contributed by atoms with E-state index in [1.165, 1.54) is 24.3 Å². The second-order valence-electron chi connectivity index (χ2n) is 7.66. The number of halogens is 2. The van der Waals surface area contributed by atoms with Crippen LogP contribution in [-0.4, -0.2) is 23.3 Å². The summed E-state index contributed by atoms with van der Waals surface area (Å²) >= 11 is 6.16. The molecule has 1 aromatic heterocycles. The topological polar surface area (TPSA) is 56.3 Å². The second-order valence-corrected chi connectivity index (χ2v) is 8.09.